The van der Waals surface area contributed by atoms with Crippen LogP contribution in [-0.4, -0.2) is 35.6 Å². The minimum absolute atomic E-state index is 0. The van der Waals surface area contributed by atoms with E-state index in [0.717, 1.165) is 12.3 Å². The Morgan fingerprint density at radius 1 is 1.11 bits per heavy atom. The number of carbonyl (C=O) groups excluding carboxylic acids is 1. The predicted octanol–water partition coefficient (Wildman–Crippen LogP) is 4.74. The molecule has 4 rings (SSSR count). The van der Waals surface area contributed by atoms with Crippen molar-refractivity contribution in [2.45, 2.75) is 26.8 Å². The topological polar surface area (TPSA) is 118 Å². The van der Waals surface area contributed by atoms with Gasteiger partial charge in [-0.15, -0.1) is 12.4 Å². The van der Waals surface area contributed by atoms with Gasteiger partial charge in [0.25, 0.3) is 5.91 Å². The molecule has 0 unspecified atom stereocenters. The first-order valence-corrected chi connectivity index (χ1v) is 10.3. The molecule has 0 radical (unpaired) electrons. The van der Waals surface area contributed by atoms with Gasteiger partial charge in [0.2, 0.25) is 5.95 Å². The first-order valence-electron chi connectivity index (χ1n) is 10.3. The molecule has 3 aromatic heterocycles. The Kier molecular flexibility index (Phi) is 7.72. The average Bonchev–Trinajstić information content (AvgIpc) is 3.16. The van der Waals surface area contributed by atoms with Crippen molar-refractivity contribution in [1.29, 1.82) is 0 Å². The van der Waals surface area contributed by atoms with Gasteiger partial charge < -0.3 is 9.88 Å². The molecule has 0 atom stereocenters. The maximum absolute atomic E-state index is 14.8. The summed E-state index contributed by atoms with van der Waals surface area (Å²) in [5.41, 5.74) is 3.06. The molecule has 4 aromatic rings. The fourth-order valence-electron chi connectivity index (χ4n) is 3.59. The van der Waals surface area contributed by atoms with E-state index in [9.17, 15) is 13.6 Å². The Balaban J connectivity index is 0.00000342. The lowest BCUT2D eigenvalue weighted by Crippen LogP contribution is -2.14. The average molecular weight is 502 g/mol. The van der Waals surface area contributed by atoms with E-state index in [1.165, 1.54) is 23.8 Å². The predicted molar refractivity (Wildman–Crippen MR) is 130 cm³/mol. The number of hydrogen-bond acceptors (Lipinski definition) is 7. The molecular formula is C23H22ClF2N7O2. The van der Waals surface area contributed by atoms with Crippen LogP contribution in [0.3, 0.4) is 0 Å². The smallest absolute Gasteiger partial charge is 0.267 e. The molecule has 0 aliphatic rings. The highest BCUT2D eigenvalue weighted by Gasteiger charge is 2.18. The van der Waals surface area contributed by atoms with E-state index < -0.39 is 17.5 Å². The van der Waals surface area contributed by atoms with Crippen LogP contribution in [-0.2, 0) is 4.79 Å². The zero-order valence-corrected chi connectivity index (χ0v) is 19.8. The van der Waals surface area contributed by atoms with Crippen LogP contribution in [0.4, 0.5) is 20.5 Å². The Morgan fingerprint density at radius 3 is 2.54 bits per heavy atom. The molecule has 0 aliphatic heterocycles. The van der Waals surface area contributed by atoms with Crippen LogP contribution >= 0.6 is 12.4 Å². The number of fused-ring (bicyclic) bond motifs is 1. The zero-order valence-electron chi connectivity index (χ0n) is 19.0. The van der Waals surface area contributed by atoms with Gasteiger partial charge in [-0.1, -0.05) is 0 Å². The number of anilines is 2. The lowest BCUT2D eigenvalue weighted by molar-refractivity contribution is -0.124. The number of imidazole rings is 1. The molecule has 0 saturated carbocycles. The molecule has 0 fully saturated rings. The molecule has 12 heteroatoms. The van der Waals surface area contributed by atoms with Crippen LogP contribution in [0.5, 0.6) is 0 Å². The summed E-state index contributed by atoms with van der Waals surface area (Å²) in [7, 11) is 0. The number of hydrogen-bond donors (Lipinski definition) is 3. The molecule has 1 amide bonds. The van der Waals surface area contributed by atoms with Crippen molar-refractivity contribution in [1.82, 2.24) is 30.0 Å². The van der Waals surface area contributed by atoms with Crippen LogP contribution in [0, 0.1) is 18.6 Å². The van der Waals surface area contributed by atoms with E-state index >= 15 is 0 Å². The molecule has 0 spiro atoms. The number of nitrogens with one attached hydrogen (secondary N) is 2. The quantitative estimate of drug-likeness (QED) is 0.198. The summed E-state index contributed by atoms with van der Waals surface area (Å²) in [5, 5.41) is 11.4. The molecule has 182 valence electrons. The number of hydroxylamine groups is 1. The second kappa shape index (κ2) is 10.5. The highest BCUT2D eigenvalue weighted by Crippen LogP contribution is 2.30. The second-order valence-corrected chi connectivity index (χ2v) is 7.75. The standard InChI is InChI=1S/C23H21F2N7O2.ClH/c1-12(2)32-13(3)28-22-16(24)8-15(9-18(22)32)21-17(25)11-27-23(30-21)29-19-6-4-14(10-26-19)5-7-20(33)31-34;/h4-12,34H,1-3H3,(H,31,33)(H,26,27,29,30);1H. The fraction of sp³-hybridized carbons (Fsp3) is 0.174. The Hall–Kier alpha value is -3.96. The van der Waals surface area contributed by atoms with E-state index in [1.54, 1.807) is 25.1 Å². The summed E-state index contributed by atoms with van der Waals surface area (Å²) in [6.07, 6.45) is 5.08. The van der Waals surface area contributed by atoms with E-state index in [0.29, 0.717) is 22.7 Å². The molecule has 0 aliphatic carbocycles. The van der Waals surface area contributed by atoms with Gasteiger partial charge in [-0.2, -0.15) is 0 Å². The number of nitrogens with zero attached hydrogens (tertiary/aromatic N) is 5. The van der Waals surface area contributed by atoms with Gasteiger partial charge >= 0.3 is 0 Å². The van der Waals surface area contributed by atoms with Crippen molar-refractivity contribution < 1.29 is 18.8 Å². The van der Waals surface area contributed by atoms with Gasteiger partial charge in [0.15, 0.2) is 11.6 Å². The summed E-state index contributed by atoms with van der Waals surface area (Å²) >= 11 is 0. The van der Waals surface area contributed by atoms with Crippen LogP contribution in [0.2, 0.25) is 0 Å². The van der Waals surface area contributed by atoms with Gasteiger partial charge in [0.05, 0.1) is 11.7 Å². The third-order valence-corrected chi connectivity index (χ3v) is 5.02. The minimum Gasteiger partial charge on any atom is -0.326 e. The number of aryl methyl sites for hydroxylation is 1. The highest BCUT2D eigenvalue weighted by atomic mass is 35.5. The Labute approximate surface area is 205 Å². The van der Waals surface area contributed by atoms with Gasteiger partial charge in [0.1, 0.15) is 22.9 Å². The first-order chi connectivity index (χ1) is 16.3. The van der Waals surface area contributed by atoms with Crippen LogP contribution in [0.1, 0.15) is 31.3 Å². The van der Waals surface area contributed by atoms with Crippen molar-refractivity contribution in [3.63, 3.8) is 0 Å². The maximum Gasteiger partial charge on any atom is 0.267 e. The van der Waals surface area contributed by atoms with Crippen molar-refractivity contribution in [3.8, 4) is 11.3 Å². The van der Waals surface area contributed by atoms with Crippen molar-refractivity contribution in [3.05, 3.63) is 65.8 Å². The summed E-state index contributed by atoms with van der Waals surface area (Å²) in [6.45, 7) is 5.71. The van der Waals surface area contributed by atoms with Gasteiger partial charge in [0, 0.05) is 23.9 Å². The molecule has 35 heavy (non-hydrogen) atoms. The lowest BCUT2D eigenvalue weighted by atomic mass is 10.1. The van der Waals surface area contributed by atoms with Crippen LogP contribution in [0.25, 0.3) is 28.4 Å². The number of rotatable bonds is 6. The number of benzene rings is 1. The number of amides is 1. The monoisotopic (exact) mass is 501 g/mol. The van der Waals surface area contributed by atoms with Gasteiger partial charge in [-0.3, -0.25) is 10.0 Å². The fourth-order valence-corrected chi connectivity index (χ4v) is 3.59. The number of halogens is 3. The van der Waals surface area contributed by atoms with E-state index in [-0.39, 0.29) is 41.2 Å². The number of carbonyl (C=O) groups is 1. The summed E-state index contributed by atoms with van der Waals surface area (Å²) in [5.74, 6) is -0.837. The Bertz CT molecular complexity index is 1410. The summed E-state index contributed by atoms with van der Waals surface area (Å²) in [6, 6.07) is 6.18. The zero-order chi connectivity index (χ0) is 24.4. The van der Waals surface area contributed by atoms with Crippen LogP contribution in [0.15, 0.2) is 42.7 Å². The molecule has 9 nitrogen and oxygen atoms in total. The SMILES string of the molecule is Cc1nc2c(F)cc(-c3nc(Nc4ccc(C=CC(=O)NO)cn4)ncc3F)cc2n1C(C)C.Cl. The highest BCUT2D eigenvalue weighted by molar-refractivity contribution is 5.90. The molecule has 0 bridgehead atoms. The number of aromatic nitrogens is 5. The maximum atomic E-state index is 14.8. The summed E-state index contributed by atoms with van der Waals surface area (Å²) in [4.78, 5) is 27.7. The van der Waals surface area contributed by atoms with Crippen LogP contribution < -0.4 is 10.8 Å². The molecule has 3 N–H and O–H groups in total. The second-order valence-electron chi connectivity index (χ2n) is 7.75. The largest absolute Gasteiger partial charge is 0.326 e. The third kappa shape index (κ3) is 5.42. The number of pyridine rings is 1. The van der Waals surface area contributed by atoms with Gasteiger partial charge in [-0.05, 0) is 56.7 Å². The normalized spacial score (nSPS) is 11.2. The van der Waals surface area contributed by atoms with E-state index in [4.69, 9.17) is 5.21 Å². The lowest BCUT2D eigenvalue weighted by Gasteiger charge is -2.12. The molecule has 1 aromatic carbocycles. The summed E-state index contributed by atoms with van der Waals surface area (Å²) < 4.78 is 31.4. The van der Waals surface area contributed by atoms with E-state index in [1.807, 2.05) is 18.4 Å². The van der Waals surface area contributed by atoms with Crippen molar-refractivity contribution >= 4 is 47.2 Å². The minimum atomic E-state index is -0.702. The third-order valence-electron chi connectivity index (χ3n) is 5.02. The molecule has 3 heterocycles. The van der Waals surface area contributed by atoms with Gasteiger partial charge in [-0.25, -0.2) is 34.2 Å². The Morgan fingerprint density at radius 2 is 1.89 bits per heavy atom. The van der Waals surface area contributed by atoms with E-state index in [2.05, 4.69) is 25.3 Å². The molecule has 0 saturated heterocycles. The first kappa shape index (κ1) is 25.7. The van der Waals surface area contributed by atoms with Crippen molar-refractivity contribution in [2.75, 3.05) is 5.32 Å². The molecular weight excluding hydrogens is 480 g/mol. The van der Waals surface area contributed by atoms with Crippen molar-refractivity contribution in [2.24, 2.45) is 0 Å².